The van der Waals surface area contributed by atoms with Crippen LogP contribution in [0.4, 0.5) is 0 Å². The summed E-state index contributed by atoms with van der Waals surface area (Å²) in [5.41, 5.74) is 2.17. The van der Waals surface area contributed by atoms with Gasteiger partial charge in [0.05, 0.1) is 18.3 Å². The van der Waals surface area contributed by atoms with Crippen LogP contribution in [0.15, 0.2) is 34.2 Å². The van der Waals surface area contributed by atoms with Crippen LogP contribution in [-0.4, -0.2) is 42.3 Å². The van der Waals surface area contributed by atoms with Gasteiger partial charge in [-0.05, 0) is 42.3 Å². The normalized spacial score (nSPS) is 17.4. The zero-order chi connectivity index (χ0) is 17.2. The molecule has 9 heteroatoms. The first kappa shape index (κ1) is 16.2. The Bertz CT molecular complexity index is 947. The highest BCUT2D eigenvalue weighted by molar-refractivity contribution is 7.98. The molecular formula is C16H18N6O2S. The van der Waals surface area contributed by atoms with Gasteiger partial charge in [0, 0.05) is 24.1 Å². The number of pyridine rings is 1. The zero-order valence-electron chi connectivity index (χ0n) is 13.8. The number of tetrazole rings is 1. The maximum atomic E-state index is 12.3. The number of nitrogens with zero attached hydrogens (tertiary/aromatic N) is 6. The van der Waals surface area contributed by atoms with Crippen LogP contribution in [0, 0.1) is 6.92 Å². The molecule has 1 aliphatic rings. The van der Waals surface area contributed by atoms with E-state index in [9.17, 15) is 4.79 Å². The molecule has 1 atom stereocenters. The van der Waals surface area contributed by atoms with Gasteiger partial charge in [-0.2, -0.15) is 0 Å². The number of hydrogen-bond donors (Lipinski definition) is 0. The van der Waals surface area contributed by atoms with Gasteiger partial charge in [0.15, 0.2) is 0 Å². The summed E-state index contributed by atoms with van der Waals surface area (Å²) >= 11 is 1.47. The van der Waals surface area contributed by atoms with Crippen molar-refractivity contribution in [2.24, 2.45) is 0 Å². The molecule has 3 aromatic rings. The van der Waals surface area contributed by atoms with Crippen LogP contribution in [0.25, 0.3) is 5.65 Å². The third-order valence-electron chi connectivity index (χ3n) is 4.18. The van der Waals surface area contributed by atoms with E-state index in [0.717, 1.165) is 25.1 Å². The van der Waals surface area contributed by atoms with Crippen molar-refractivity contribution in [3.8, 4) is 0 Å². The molecule has 25 heavy (non-hydrogen) atoms. The van der Waals surface area contributed by atoms with E-state index < -0.39 is 0 Å². The van der Waals surface area contributed by atoms with Gasteiger partial charge in [-0.1, -0.05) is 17.8 Å². The van der Waals surface area contributed by atoms with Crippen LogP contribution in [0.2, 0.25) is 0 Å². The van der Waals surface area contributed by atoms with Gasteiger partial charge < -0.3 is 4.74 Å². The minimum Gasteiger partial charge on any atom is -0.376 e. The molecule has 0 amide bonds. The lowest BCUT2D eigenvalue weighted by atomic mass is 10.2. The molecule has 1 saturated heterocycles. The molecule has 1 aliphatic heterocycles. The van der Waals surface area contributed by atoms with Crippen molar-refractivity contribution >= 4 is 17.4 Å². The van der Waals surface area contributed by atoms with Crippen molar-refractivity contribution in [2.75, 3.05) is 6.61 Å². The molecule has 130 valence electrons. The van der Waals surface area contributed by atoms with Crippen LogP contribution in [0.3, 0.4) is 0 Å². The predicted octanol–water partition coefficient (Wildman–Crippen LogP) is 1.46. The molecule has 0 aromatic carbocycles. The van der Waals surface area contributed by atoms with Gasteiger partial charge >= 0.3 is 0 Å². The van der Waals surface area contributed by atoms with Crippen LogP contribution in [0.5, 0.6) is 0 Å². The van der Waals surface area contributed by atoms with Crippen LogP contribution >= 0.6 is 11.8 Å². The number of ether oxygens (including phenoxy) is 1. The smallest absolute Gasteiger partial charge is 0.258 e. The highest BCUT2D eigenvalue weighted by Gasteiger charge is 2.19. The SMILES string of the molecule is Cc1cccc2nc(CSc3nnnn3CC3CCCO3)cc(=O)n12. The van der Waals surface area contributed by atoms with Gasteiger partial charge in [-0.15, -0.1) is 5.10 Å². The molecular weight excluding hydrogens is 340 g/mol. The fourth-order valence-corrected chi connectivity index (χ4v) is 3.75. The number of rotatable bonds is 5. The Morgan fingerprint density at radius 2 is 2.32 bits per heavy atom. The van der Waals surface area contributed by atoms with Gasteiger partial charge in [0.1, 0.15) is 5.65 Å². The summed E-state index contributed by atoms with van der Waals surface area (Å²) in [5.74, 6) is 0.533. The van der Waals surface area contributed by atoms with Crippen LogP contribution in [-0.2, 0) is 17.0 Å². The Kier molecular flexibility index (Phi) is 4.50. The average molecular weight is 358 g/mol. The first-order valence-corrected chi connectivity index (χ1v) is 9.18. The average Bonchev–Trinajstić information content (AvgIpc) is 3.25. The summed E-state index contributed by atoms with van der Waals surface area (Å²) in [5, 5.41) is 12.6. The molecule has 4 heterocycles. The third kappa shape index (κ3) is 3.42. The van der Waals surface area contributed by atoms with Gasteiger partial charge in [-0.25, -0.2) is 9.67 Å². The van der Waals surface area contributed by atoms with Crippen molar-refractivity contribution in [3.63, 3.8) is 0 Å². The van der Waals surface area contributed by atoms with Crippen molar-refractivity contribution in [2.45, 2.75) is 43.3 Å². The number of fused-ring (bicyclic) bond motifs is 1. The summed E-state index contributed by atoms with van der Waals surface area (Å²) < 4.78 is 9.01. The van der Waals surface area contributed by atoms with Crippen molar-refractivity contribution in [1.29, 1.82) is 0 Å². The summed E-state index contributed by atoms with van der Waals surface area (Å²) in [7, 11) is 0. The first-order valence-electron chi connectivity index (χ1n) is 8.19. The van der Waals surface area contributed by atoms with E-state index in [2.05, 4.69) is 20.5 Å². The summed E-state index contributed by atoms with van der Waals surface area (Å²) in [6, 6.07) is 7.20. The number of hydrogen-bond acceptors (Lipinski definition) is 7. The molecule has 0 aliphatic carbocycles. The predicted molar refractivity (Wildman–Crippen MR) is 92.6 cm³/mol. The van der Waals surface area contributed by atoms with E-state index in [4.69, 9.17) is 4.74 Å². The van der Waals surface area contributed by atoms with Gasteiger partial charge in [0.2, 0.25) is 5.16 Å². The second kappa shape index (κ2) is 6.93. The molecule has 0 N–H and O–H groups in total. The summed E-state index contributed by atoms with van der Waals surface area (Å²) in [4.78, 5) is 16.9. The molecule has 0 spiro atoms. The lowest BCUT2D eigenvalue weighted by Crippen LogP contribution is -2.18. The van der Waals surface area contributed by atoms with E-state index in [0.29, 0.717) is 28.8 Å². The Balaban J connectivity index is 1.51. The Morgan fingerprint density at radius 3 is 3.16 bits per heavy atom. The van der Waals surface area contributed by atoms with E-state index in [1.807, 2.05) is 25.1 Å². The second-order valence-electron chi connectivity index (χ2n) is 6.01. The van der Waals surface area contributed by atoms with E-state index in [-0.39, 0.29) is 11.7 Å². The Morgan fingerprint density at radius 1 is 1.40 bits per heavy atom. The van der Waals surface area contributed by atoms with Gasteiger partial charge in [0.25, 0.3) is 5.56 Å². The lowest BCUT2D eigenvalue weighted by molar-refractivity contribution is 0.0912. The summed E-state index contributed by atoms with van der Waals surface area (Å²) in [6.45, 7) is 3.35. The fourth-order valence-electron chi connectivity index (χ4n) is 2.97. The molecule has 0 bridgehead atoms. The van der Waals surface area contributed by atoms with Crippen LogP contribution in [0.1, 0.15) is 24.2 Å². The topological polar surface area (TPSA) is 87.2 Å². The molecule has 4 rings (SSSR count). The monoisotopic (exact) mass is 358 g/mol. The lowest BCUT2D eigenvalue weighted by Gasteiger charge is -2.10. The molecule has 3 aromatic heterocycles. The second-order valence-corrected chi connectivity index (χ2v) is 6.96. The van der Waals surface area contributed by atoms with Crippen molar-refractivity contribution in [1.82, 2.24) is 29.6 Å². The Hall–Kier alpha value is -2.26. The minimum atomic E-state index is -0.0716. The molecule has 8 nitrogen and oxygen atoms in total. The number of aromatic nitrogens is 6. The molecule has 1 unspecified atom stereocenters. The van der Waals surface area contributed by atoms with Crippen LogP contribution < -0.4 is 5.56 Å². The molecule has 0 saturated carbocycles. The minimum absolute atomic E-state index is 0.0716. The maximum Gasteiger partial charge on any atom is 0.258 e. The zero-order valence-corrected chi connectivity index (χ0v) is 14.6. The Labute approximate surface area is 148 Å². The first-order chi connectivity index (χ1) is 12.2. The summed E-state index contributed by atoms with van der Waals surface area (Å²) in [6.07, 6.45) is 2.29. The van der Waals surface area contributed by atoms with Crippen molar-refractivity contribution < 1.29 is 4.74 Å². The van der Waals surface area contributed by atoms with E-state index in [1.165, 1.54) is 11.8 Å². The molecule has 1 fully saturated rings. The number of thioether (sulfide) groups is 1. The van der Waals surface area contributed by atoms with E-state index >= 15 is 0 Å². The third-order valence-corrected chi connectivity index (χ3v) is 5.17. The number of aryl methyl sites for hydroxylation is 1. The molecule has 0 radical (unpaired) electrons. The van der Waals surface area contributed by atoms with Gasteiger partial charge in [-0.3, -0.25) is 9.20 Å². The highest BCUT2D eigenvalue weighted by atomic mass is 32.2. The highest BCUT2D eigenvalue weighted by Crippen LogP contribution is 2.21. The quantitative estimate of drug-likeness (QED) is 0.638. The largest absolute Gasteiger partial charge is 0.376 e. The van der Waals surface area contributed by atoms with E-state index in [1.54, 1.807) is 15.1 Å². The maximum absolute atomic E-state index is 12.3. The standard InChI is InChI=1S/C16H18N6O2S/c1-11-4-2-6-14-17-12(8-15(23)22(11)14)10-25-16-18-19-20-21(16)9-13-5-3-7-24-13/h2,4,6,8,13H,3,5,7,9-10H2,1H3. The fraction of sp³-hybridized carbons (Fsp3) is 0.438. The van der Waals surface area contributed by atoms with Crippen molar-refractivity contribution in [3.05, 3.63) is 46.0 Å².